The van der Waals surface area contributed by atoms with Crippen molar-refractivity contribution in [2.75, 3.05) is 13.7 Å². The number of esters is 1. The number of carbonyl (C=O) groups is 2. The predicted octanol–water partition coefficient (Wildman–Crippen LogP) is 4.97. The second kappa shape index (κ2) is 11.4. The Balaban J connectivity index is 1.46. The zero-order valence-corrected chi connectivity index (χ0v) is 20.1. The van der Waals surface area contributed by atoms with Gasteiger partial charge >= 0.3 is 5.97 Å². The second-order valence-electron chi connectivity index (χ2n) is 6.34. The first-order valence-corrected chi connectivity index (χ1v) is 10.9. The fraction of sp³-hybridized carbons (Fsp3) is 0.0870. The van der Waals surface area contributed by atoms with Crippen LogP contribution in [0, 0.1) is 0 Å². The molecule has 0 aliphatic carbocycles. The standard InChI is InChI=1S/C23H18Br2N2O5/c1-30-19-10-11-21(20(25)12-19)31-14-22(28)27-26-13-15-2-8-18(9-3-15)32-23(29)16-4-6-17(24)7-5-16/h2-13H,14H2,1H3,(H,27,28)/b26-13-. The minimum absolute atomic E-state index is 0.201. The van der Waals surface area contributed by atoms with E-state index in [-0.39, 0.29) is 6.61 Å². The van der Waals surface area contributed by atoms with Gasteiger partial charge in [-0.15, -0.1) is 0 Å². The summed E-state index contributed by atoms with van der Waals surface area (Å²) in [6.07, 6.45) is 1.47. The minimum atomic E-state index is -0.449. The largest absolute Gasteiger partial charge is 0.497 e. The van der Waals surface area contributed by atoms with Crippen LogP contribution >= 0.6 is 31.9 Å². The molecule has 0 fully saturated rings. The summed E-state index contributed by atoms with van der Waals surface area (Å²) in [6, 6.07) is 18.8. The van der Waals surface area contributed by atoms with Crippen molar-refractivity contribution < 1.29 is 23.8 Å². The molecule has 0 saturated heterocycles. The normalized spacial score (nSPS) is 10.6. The van der Waals surface area contributed by atoms with E-state index >= 15 is 0 Å². The Hall–Kier alpha value is -3.17. The van der Waals surface area contributed by atoms with Gasteiger partial charge in [0.25, 0.3) is 5.91 Å². The van der Waals surface area contributed by atoms with Gasteiger partial charge in [-0.05, 0) is 88.2 Å². The van der Waals surface area contributed by atoms with E-state index in [2.05, 4.69) is 42.4 Å². The number of ether oxygens (including phenoxy) is 3. The number of nitrogens with one attached hydrogen (secondary N) is 1. The molecule has 3 aromatic rings. The number of nitrogens with zero attached hydrogens (tertiary/aromatic N) is 1. The third-order valence-electron chi connectivity index (χ3n) is 4.07. The fourth-order valence-corrected chi connectivity index (χ4v) is 3.19. The van der Waals surface area contributed by atoms with Crippen LogP contribution in [0.3, 0.4) is 0 Å². The lowest BCUT2D eigenvalue weighted by Crippen LogP contribution is -2.24. The lowest BCUT2D eigenvalue weighted by molar-refractivity contribution is -0.123. The molecule has 0 aliphatic rings. The summed E-state index contributed by atoms with van der Waals surface area (Å²) >= 11 is 6.68. The molecular formula is C23H18Br2N2O5. The molecule has 164 valence electrons. The maximum Gasteiger partial charge on any atom is 0.343 e. The van der Waals surface area contributed by atoms with Gasteiger partial charge in [0.05, 0.1) is 23.4 Å². The van der Waals surface area contributed by atoms with Crippen LogP contribution in [-0.4, -0.2) is 31.8 Å². The van der Waals surface area contributed by atoms with E-state index in [4.69, 9.17) is 14.2 Å². The molecule has 1 amide bonds. The summed E-state index contributed by atoms with van der Waals surface area (Å²) in [5, 5.41) is 3.90. The summed E-state index contributed by atoms with van der Waals surface area (Å²) in [4.78, 5) is 24.1. The van der Waals surface area contributed by atoms with Gasteiger partial charge in [0.1, 0.15) is 17.2 Å². The lowest BCUT2D eigenvalue weighted by Gasteiger charge is -2.08. The van der Waals surface area contributed by atoms with Gasteiger partial charge in [0, 0.05) is 4.47 Å². The zero-order valence-electron chi connectivity index (χ0n) is 16.9. The maximum atomic E-state index is 12.1. The molecule has 3 rings (SSSR count). The van der Waals surface area contributed by atoms with Gasteiger partial charge in [-0.3, -0.25) is 4.79 Å². The van der Waals surface area contributed by atoms with Crippen molar-refractivity contribution in [3.8, 4) is 17.2 Å². The van der Waals surface area contributed by atoms with Crippen LogP contribution in [0.1, 0.15) is 15.9 Å². The first kappa shape index (κ1) is 23.5. The number of halogens is 2. The van der Waals surface area contributed by atoms with E-state index in [1.165, 1.54) is 6.21 Å². The first-order valence-electron chi connectivity index (χ1n) is 9.30. The molecular weight excluding hydrogens is 544 g/mol. The Morgan fingerprint density at radius 2 is 1.66 bits per heavy atom. The fourth-order valence-electron chi connectivity index (χ4n) is 2.45. The van der Waals surface area contributed by atoms with E-state index in [1.54, 1.807) is 73.8 Å². The minimum Gasteiger partial charge on any atom is -0.497 e. The lowest BCUT2D eigenvalue weighted by atomic mass is 10.2. The van der Waals surface area contributed by atoms with Gasteiger partial charge in [0.2, 0.25) is 0 Å². The van der Waals surface area contributed by atoms with Crippen LogP contribution < -0.4 is 19.6 Å². The van der Waals surface area contributed by atoms with Gasteiger partial charge in [-0.25, -0.2) is 10.2 Å². The second-order valence-corrected chi connectivity index (χ2v) is 8.11. The molecule has 0 bridgehead atoms. The average molecular weight is 562 g/mol. The molecule has 9 heteroatoms. The number of rotatable bonds is 8. The number of hydrogen-bond donors (Lipinski definition) is 1. The molecule has 32 heavy (non-hydrogen) atoms. The monoisotopic (exact) mass is 560 g/mol. The Bertz CT molecular complexity index is 1120. The molecule has 0 aromatic heterocycles. The Morgan fingerprint density at radius 3 is 2.31 bits per heavy atom. The van der Waals surface area contributed by atoms with Crippen LogP contribution in [0.4, 0.5) is 0 Å². The quantitative estimate of drug-likeness (QED) is 0.182. The summed E-state index contributed by atoms with van der Waals surface area (Å²) < 4.78 is 17.5. The predicted molar refractivity (Wildman–Crippen MR) is 127 cm³/mol. The number of hydrogen-bond acceptors (Lipinski definition) is 6. The highest BCUT2D eigenvalue weighted by atomic mass is 79.9. The molecule has 0 atom stereocenters. The smallest absolute Gasteiger partial charge is 0.343 e. The van der Waals surface area contributed by atoms with Crippen molar-refractivity contribution in [1.29, 1.82) is 0 Å². The summed E-state index contributed by atoms with van der Waals surface area (Å²) in [7, 11) is 1.57. The molecule has 3 aromatic carbocycles. The Kier molecular flexibility index (Phi) is 8.41. The van der Waals surface area contributed by atoms with E-state index in [1.807, 2.05) is 0 Å². The number of carbonyl (C=O) groups excluding carboxylic acids is 2. The first-order chi connectivity index (χ1) is 15.4. The molecule has 0 unspecified atom stereocenters. The maximum absolute atomic E-state index is 12.1. The van der Waals surface area contributed by atoms with E-state index in [9.17, 15) is 9.59 Å². The van der Waals surface area contributed by atoms with Crippen molar-refractivity contribution in [2.24, 2.45) is 5.10 Å². The summed E-state index contributed by atoms with van der Waals surface area (Å²) in [6.45, 7) is -0.201. The highest BCUT2D eigenvalue weighted by Crippen LogP contribution is 2.29. The van der Waals surface area contributed by atoms with Gasteiger partial charge in [-0.2, -0.15) is 5.10 Å². The van der Waals surface area contributed by atoms with E-state index < -0.39 is 11.9 Å². The van der Waals surface area contributed by atoms with Gasteiger partial charge in [0.15, 0.2) is 6.61 Å². The summed E-state index contributed by atoms with van der Waals surface area (Å²) in [5.41, 5.74) is 3.56. The van der Waals surface area contributed by atoms with Gasteiger partial charge in [-0.1, -0.05) is 15.9 Å². The van der Waals surface area contributed by atoms with Crippen LogP contribution in [0.25, 0.3) is 0 Å². The van der Waals surface area contributed by atoms with E-state index in [0.29, 0.717) is 32.8 Å². The molecule has 0 spiro atoms. The molecule has 0 aliphatic heterocycles. The number of benzene rings is 3. The van der Waals surface area contributed by atoms with Crippen molar-refractivity contribution in [3.05, 3.63) is 86.8 Å². The van der Waals surface area contributed by atoms with Gasteiger partial charge < -0.3 is 14.2 Å². The number of methoxy groups -OCH3 is 1. The average Bonchev–Trinajstić information content (AvgIpc) is 2.79. The molecule has 0 radical (unpaired) electrons. The molecule has 7 nitrogen and oxygen atoms in total. The SMILES string of the molecule is COc1ccc(OCC(=O)N/N=C\c2ccc(OC(=O)c3ccc(Br)cc3)cc2)c(Br)c1. The Morgan fingerprint density at radius 1 is 0.969 bits per heavy atom. The zero-order chi connectivity index (χ0) is 22.9. The highest BCUT2D eigenvalue weighted by molar-refractivity contribution is 9.10. The highest BCUT2D eigenvalue weighted by Gasteiger charge is 2.08. The van der Waals surface area contributed by atoms with Crippen LogP contribution in [0.2, 0.25) is 0 Å². The Labute approximate surface area is 201 Å². The van der Waals surface area contributed by atoms with Crippen LogP contribution in [0.5, 0.6) is 17.2 Å². The number of hydrazone groups is 1. The van der Waals surface area contributed by atoms with Crippen LogP contribution in [-0.2, 0) is 4.79 Å². The summed E-state index contributed by atoms with van der Waals surface area (Å²) in [5.74, 6) is 0.724. The third kappa shape index (κ3) is 6.93. The van der Waals surface area contributed by atoms with Crippen LogP contribution in [0.15, 0.2) is 80.8 Å². The topological polar surface area (TPSA) is 86.2 Å². The van der Waals surface area contributed by atoms with Crippen molar-refractivity contribution >= 4 is 50.0 Å². The van der Waals surface area contributed by atoms with Crippen molar-refractivity contribution in [2.45, 2.75) is 0 Å². The molecule has 1 N–H and O–H groups in total. The van der Waals surface area contributed by atoms with Crippen molar-refractivity contribution in [3.63, 3.8) is 0 Å². The third-order valence-corrected chi connectivity index (χ3v) is 5.22. The van der Waals surface area contributed by atoms with Crippen molar-refractivity contribution in [1.82, 2.24) is 5.43 Å². The molecule has 0 heterocycles. The molecule has 0 saturated carbocycles. The van der Waals surface area contributed by atoms with E-state index in [0.717, 1.165) is 4.47 Å². The number of amides is 1.